The van der Waals surface area contributed by atoms with Gasteiger partial charge in [-0.15, -0.1) is 0 Å². The molecular weight excluding hydrogens is 274 g/mol. The maximum absolute atomic E-state index is 5.83. The molecule has 2 N–H and O–H groups in total. The molecule has 0 saturated heterocycles. The Kier molecular flexibility index (Phi) is 3.97. The van der Waals surface area contributed by atoms with Crippen LogP contribution in [0.15, 0.2) is 72.8 Å². The molecule has 0 fully saturated rings. The topological polar surface area (TPSA) is 44.5 Å². The third kappa shape index (κ3) is 3.58. The van der Waals surface area contributed by atoms with Gasteiger partial charge in [0.1, 0.15) is 23.0 Å². The van der Waals surface area contributed by atoms with Gasteiger partial charge in [-0.05, 0) is 43.3 Å². The Bertz CT molecular complexity index is 766. The first-order valence-electron chi connectivity index (χ1n) is 7.07. The fourth-order valence-corrected chi connectivity index (χ4v) is 2.06. The van der Waals surface area contributed by atoms with Gasteiger partial charge in [-0.25, -0.2) is 0 Å². The van der Waals surface area contributed by atoms with Gasteiger partial charge in [-0.1, -0.05) is 29.8 Å². The normalized spacial score (nSPS) is 10.2. The van der Waals surface area contributed by atoms with Crippen LogP contribution >= 0.6 is 0 Å². The third-order valence-corrected chi connectivity index (χ3v) is 3.16. The summed E-state index contributed by atoms with van der Waals surface area (Å²) >= 11 is 0. The highest BCUT2D eigenvalue weighted by molar-refractivity contribution is 5.46. The number of hydrogen-bond donors (Lipinski definition) is 1. The molecule has 0 unspecified atom stereocenters. The van der Waals surface area contributed by atoms with Gasteiger partial charge in [-0.2, -0.15) is 0 Å². The van der Waals surface area contributed by atoms with Crippen molar-refractivity contribution in [3.63, 3.8) is 0 Å². The Morgan fingerprint density at radius 1 is 0.636 bits per heavy atom. The van der Waals surface area contributed by atoms with Crippen molar-refractivity contribution in [2.45, 2.75) is 6.92 Å². The van der Waals surface area contributed by atoms with E-state index in [1.807, 2.05) is 73.7 Å². The van der Waals surface area contributed by atoms with Crippen LogP contribution in [0.5, 0.6) is 23.0 Å². The van der Waals surface area contributed by atoms with Crippen LogP contribution in [0.1, 0.15) is 5.56 Å². The number of nitrogen functional groups attached to an aromatic ring is 1. The second-order valence-corrected chi connectivity index (χ2v) is 5.06. The van der Waals surface area contributed by atoms with Crippen LogP contribution in [0, 0.1) is 6.92 Å². The van der Waals surface area contributed by atoms with Gasteiger partial charge in [0.05, 0.1) is 0 Å². The molecule has 0 aliphatic carbocycles. The van der Waals surface area contributed by atoms with Gasteiger partial charge in [0.25, 0.3) is 0 Å². The predicted molar refractivity (Wildman–Crippen MR) is 88.6 cm³/mol. The van der Waals surface area contributed by atoms with E-state index in [2.05, 4.69) is 0 Å². The summed E-state index contributed by atoms with van der Waals surface area (Å²) in [6.07, 6.45) is 0. The molecule has 3 rings (SSSR count). The Hall–Kier alpha value is -2.94. The van der Waals surface area contributed by atoms with Crippen LogP contribution in [-0.2, 0) is 0 Å². The van der Waals surface area contributed by atoms with Crippen molar-refractivity contribution in [3.8, 4) is 23.0 Å². The first-order chi connectivity index (χ1) is 10.7. The van der Waals surface area contributed by atoms with Crippen LogP contribution in [0.3, 0.4) is 0 Å². The van der Waals surface area contributed by atoms with Crippen LogP contribution in [0.25, 0.3) is 0 Å². The number of hydrogen-bond acceptors (Lipinski definition) is 3. The smallest absolute Gasteiger partial charge is 0.131 e. The summed E-state index contributed by atoms with van der Waals surface area (Å²) in [5.74, 6) is 2.93. The molecule has 110 valence electrons. The van der Waals surface area contributed by atoms with Gasteiger partial charge in [0, 0.05) is 17.8 Å². The highest BCUT2D eigenvalue weighted by Gasteiger charge is 2.02. The SMILES string of the molecule is Cc1ccc(Oc2cccc(Oc3cccc(N)c3)c2)cc1. The summed E-state index contributed by atoms with van der Waals surface area (Å²) in [6, 6.07) is 22.8. The molecule has 0 spiro atoms. The molecule has 0 atom stereocenters. The van der Waals surface area contributed by atoms with Gasteiger partial charge in [0.15, 0.2) is 0 Å². The quantitative estimate of drug-likeness (QED) is 0.675. The molecule has 0 saturated carbocycles. The number of ether oxygens (including phenoxy) is 2. The third-order valence-electron chi connectivity index (χ3n) is 3.16. The average molecular weight is 291 g/mol. The van der Waals surface area contributed by atoms with E-state index in [0.717, 1.165) is 11.5 Å². The monoisotopic (exact) mass is 291 g/mol. The lowest BCUT2D eigenvalue weighted by Gasteiger charge is -2.09. The van der Waals surface area contributed by atoms with Gasteiger partial charge >= 0.3 is 0 Å². The Morgan fingerprint density at radius 3 is 1.82 bits per heavy atom. The second kappa shape index (κ2) is 6.22. The molecule has 3 aromatic carbocycles. The summed E-state index contributed by atoms with van der Waals surface area (Å²) in [5.41, 5.74) is 7.62. The number of aryl methyl sites for hydroxylation is 1. The van der Waals surface area contributed by atoms with E-state index in [9.17, 15) is 0 Å². The van der Waals surface area contributed by atoms with E-state index < -0.39 is 0 Å². The Morgan fingerprint density at radius 2 is 1.18 bits per heavy atom. The lowest BCUT2D eigenvalue weighted by atomic mass is 10.2. The summed E-state index contributed by atoms with van der Waals surface area (Å²) in [5, 5.41) is 0. The predicted octanol–water partition coefficient (Wildman–Crippen LogP) is 5.16. The molecule has 3 heteroatoms. The van der Waals surface area contributed by atoms with Crippen LogP contribution in [0.2, 0.25) is 0 Å². The fraction of sp³-hybridized carbons (Fsp3) is 0.0526. The summed E-state index contributed by atoms with van der Waals surface area (Å²) in [4.78, 5) is 0. The first-order valence-corrected chi connectivity index (χ1v) is 7.07. The van der Waals surface area contributed by atoms with Crippen molar-refractivity contribution in [3.05, 3.63) is 78.4 Å². The molecular formula is C19H17NO2. The molecule has 3 aromatic rings. The maximum Gasteiger partial charge on any atom is 0.131 e. The molecule has 0 aliphatic heterocycles. The van der Waals surface area contributed by atoms with E-state index >= 15 is 0 Å². The average Bonchev–Trinajstić information content (AvgIpc) is 2.50. The van der Waals surface area contributed by atoms with Crippen molar-refractivity contribution in [2.75, 3.05) is 5.73 Å². The van der Waals surface area contributed by atoms with Gasteiger partial charge in [0.2, 0.25) is 0 Å². The second-order valence-electron chi connectivity index (χ2n) is 5.06. The van der Waals surface area contributed by atoms with Crippen molar-refractivity contribution < 1.29 is 9.47 Å². The van der Waals surface area contributed by atoms with Crippen molar-refractivity contribution >= 4 is 5.69 Å². The van der Waals surface area contributed by atoms with Crippen LogP contribution in [-0.4, -0.2) is 0 Å². The highest BCUT2D eigenvalue weighted by Crippen LogP contribution is 2.29. The Labute approximate surface area is 129 Å². The zero-order valence-electron chi connectivity index (χ0n) is 12.3. The molecule has 0 aliphatic rings. The molecule has 0 bridgehead atoms. The van der Waals surface area contributed by atoms with Crippen molar-refractivity contribution in [1.29, 1.82) is 0 Å². The standard InChI is InChI=1S/C19H17NO2/c1-14-8-10-16(11-9-14)21-18-6-3-7-19(13-18)22-17-5-2-4-15(20)12-17/h2-13H,20H2,1H3. The molecule has 0 aromatic heterocycles. The van der Waals surface area contributed by atoms with Crippen LogP contribution < -0.4 is 15.2 Å². The molecule has 0 heterocycles. The lowest BCUT2D eigenvalue weighted by Crippen LogP contribution is -1.89. The highest BCUT2D eigenvalue weighted by atomic mass is 16.5. The minimum absolute atomic E-state index is 0.671. The van der Waals surface area contributed by atoms with E-state index in [4.69, 9.17) is 15.2 Å². The van der Waals surface area contributed by atoms with E-state index in [1.165, 1.54) is 5.56 Å². The van der Waals surface area contributed by atoms with Gasteiger partial charge < -0.3 is 15.2 Å². The summed E-state index contributed by atoms with van der Waals surface area (Å²) in [7, 11) is 0. The van der Waals surface area contributed by atoms with E-state index in [1.54, 1.807) is 6.07 Å². The van der Waals surface area contributed by atoms with Crippen LogP contribution in [0.4, 0.5) is 5.69 Å². The number of anilines is 1. The zero-order valence-corrected chi connectivity index (χ0v) is 12.3. The number of benzene rings is 3. The van der Waals surface area contributed by atoms with E-state index in [0.29, 0.717) is 17.2 Å². The molecule has 3 nitrogen and oxygen atoms in total. The minimum Gasteiger partial charge on any atom is -0.457 e. The molecule has 22 heavy (non-hydrogen) atoms. The summed E-state index contributed by atoms with van der Waals surface area (Å²) in [6.45, 7) is 2.05. The molecule has 0 amide bonds. The largest absolute Gasteiger partial charge is 0.457 e. The number of nitrogens with two attached hydrogens (primary N) is 1. The van der Waals surface area contributed by atoms with Gasteiger partial charge in [-0.3, -0.25) is 0 Å². The minimum atomic E-state index is 0.671. The van der Waals surface area contributed by atoms with Crippen molar-refractivity contribution in [2.24, 2.45) is 0 Å². The zero-order chi connectivity index (χ0) is 15.4. The first kappa shape index (κ1) is 14.0. The van der Waals surface area contributed by atoms with E-state index in [-0.39, 0.29) is 0 Å². The lowest BCUT2D eigenvalue weighted by molar-refractivity contribution is 0.460. The number of rotatable bonds is 4. The Balaban J connectivity index is 1.76. The summed E-state index contributed by atoms with van der Waals surface area (Å²) < 4.78 is 11.6. The molecule has 0 radical (unpaired) electrons. The maximum atomic E-state index is 5.83. The van der Waals surface area contributed by atoms with Crippen molar-refractivity contribution in [1.82, 2.24) is 0 Å². The fourth-order valence-electron chi connectivity index (χ4n) is 2.06.